The number of hydrogen-bond acceptors (Lipinski definition) is 2. The molecule has 6 heteroatoms. The molecule has 0 saturated heterocycles. The molecule has 1 heterocycles. The normalized spacial score (nSPS) is 17.1. The largest absolute Gasteiger partial charge is 0.465 e. The average Bonchev–Trinajstić information content (AvgIpc) is 2.98. The van der Waals surface area contributed by atoms with Gasteiger partial charge < -0.3 is 20.7 Å². The average molecular weight is 352 g/mol. The van der Waals surface area contributed by atoms with Crippen LogP contribution >= 0.6 is 15.9 Å². The molecule has 0 bridgehead atoms. The predicted molar refractivity (Wildman–Crippen MR) is 85.7 cm³/mol. The maximum Gasteiger partial charge on any atom is 0.404 e. The number of aryl methyl sites for hydroxylation is 1. The lowest BCUT2D eigenvalue weighted by Crippen LogP contribution is -2.27. The van der Waals surface area contributed by atoms with Crippen LogP contribution in [-0.2, 0) is 6.42 Å². The second-order valence-corrected chi connectivity index (χ2v) is 6.25. The van der Waals surface area contributed by atoms with Gasteiger partial charge in [0.25, 0.3) is 0 Å². The molecule has 1 aliphatic carbocycles. The third-order valence-electron chi connectivity index (χ3n) is 3.95. The zero-order valence-electron chi connectivity index (χ0n) is 11.6. The number of nitrogens with one attached hydrogen (secondary N) is 3. The maximum atomic E-state index is 10.4. The van der Waals surface area contributed by atoms with Crippen molar-refractivity contribution in [2.24, 2.45) is 0 Å². The van der Waals surface area contributed by atoms with Gasteiger partial charge in [-0.05, 0) is 49.6 Å². The van der Waals surface area contributed by atoms with Crippen molar-refractivity contribution < 1.29 is 9.90 Å². The molecular weight excluding hydrogens is 334 g/mol. The van der Waals surface area contributed by atoms with Gasteiger partial charge >= 0.3 is 6.09 Å². The van der Waals surface area contributed by atoms with Gasteiger partial charge in [0.2, 0.25) is 0 Å². The van der Waals surface area contributed by atoms with Crippen molar-refractivity contribution in [1.29, 1.82) is 0 Å². The second kappa shape index (κ2) is 6.07. The molecule has 0 fully saturated rings. The van der Waals surface area contributed by atoms with Crippen molar-refractivity contribution in [3.05, 3.63) is 33.9 Å². The summed E-state index contributed by atoms with van der Waals surface area (Å²) >= 11 is 3.53. The summed E-state index contributed by atoms with van der Waals surface area (Å²) in [4.78, 5) is 13.9. The van der Waals surface area contributed by atoms with Gasteiger partial charge in [-0.15, -0.1) is 0 Å². The predicted octanol–water partition coefficient (Wildman–Crippen LogP) is 3.17. The molecule has 1 aromatic carbocycles. The molecule has 112 valence electrons. The minimum atomic E-state index is -0.959. The van der Waals surface area contributed by atoms with Gasteiger partial charge in [0.15, 0.2) is 0 Å². The summed E-state index contributed by atoms with van der Waals surface area (Å²) in [5.41, 5.74) is 3.88. The second-order valence-electron chi connectivity index (χ2n) is 5.34. The molecule has 0 radical (unpaired) electrons. The quantitative estimate of drug-likeness (QED) is 0.625. The molecule has 0 aliphatic heterocycles. The highest BCUT2D eigenvalue weighted by Crippen LogP contribution is 2.37. The number of carboxylic acid groups (broad SMARTS) is 1. The summed E-state index contributed by atoms with van der Waals surface area (Å²) < 4.78 is 1.10. The Hall–Kier alpha value is -1.53. The van der Waals surface area contributed by atoms with E-state index in [4.69, 9.17) is 5.11 Å². The molecule has 1 amide bonds. The first-order chi connectivity index (χ1) is 10.1. The van der Waals surface area contributed by atoms with Crippen molar-refractivity contribution in [2.45, 2.75) is 25.3 Å². The van der Waals surface area contributed by atoms with E-state index < -0.39 is 6.09 Å². The Morgan fingerprint density at radius 3 is 3.10 bits per heavy atom. The summed E-state index contributed by atoms with van der Waals surface area (Å²) in [5.74, 6) is 0. The van der Waals surface area contributed by atoms with E-state index in [1.165, 1.54) is 22.2 Å². The van der Waals surface area contributed by atoms with Gasteiger partial charge in [0.05, 0.1) is 0 Å². The fraction of sp³-hybridized carbons (Fsp3) is 0.400. The molecule has 1 unspecified atom stereocenters. The third-order valence-corrected chi connectivity index (χ3v) is 4.45. The Morgan fingerprint density at radius 1 is 1.43 bits per heavy atom. The third kappa shape index (κ3) is 3.06. The van der Waals surface area contributed by atoms with Crippen molar-refractivity contribution >= 4 is 32.9 Å². The van der Waals surface area contributed by atoms with Crippen molar-refractivity contribution in [2.75, 3.05) is 13.1 Å². The van der Waals surface area contributed by atoms with E-state index in [0.29, 0.717) is 12.6 Å². The van der Waals surface area contributed by atoms with Crippen LogP contribution in [0.5, 0.6) is 0 Å². The van der Waals surface area contributed by atoms with Gasteiger partial charge in [0.1, 0.15) is 0 Å². The van der Waals surface area contributed by atoms with E-state index in [1.807, 2.05) is 6.07 Å². The maximum absolute atomic E-state index is 10.4. The van der Waals surface area contributed by atoms with Crippen molar-refractivity contribution in [3.63, 3.8) is 0 Å². The van der Waals surface area contributed by atoms with Crippen LogP contribution in [0, 0.1) is 0 Å². The fourth-order valence-electron chi connectivity index (χ4n) is 3.00. The van der Waals surface area contributed by atoms with E-state index in [9.17, 15) is 4.79 Å². The number of H-pyrrole nitrogens is 1. The first kappa shape index (κ1) is 14.4. The number of halogens is 1. The Morgan fingerprint density at radius 2 is 2.29 bits per heavy atom. The lowest BCUT2D eigenvalue weighted by molar-refractivity contribution is 0.194. The molecule has 2 aromatic rings. The Balaban J connectivity index is 1.64. The lowest BCUT2D eigenvalue weighted by Gasteiger charge is -2.12. The van der Waals surface area contributed by atoms with Gasteiger partial charge in [-0.1, -0.05) is 15.9 Å². The number of hydrogen-bond donors (Lipinski definition) is 4. The first-order valence-electron chi connectivity index (χ1n) is 7.15. The molecule has 0 saturated carbocycles. The van der Waals surface area contributed by atoms with Gasteiger partial charge in [0, 0.05) is 33.7 Å². The van der Waals surface area contributed by atoms with E-state index in [1.54, 1.807) is 0 Å². The smallest absolute Gasteiger partial charge is 0.404 e. The van der Waals surface area contributed by atoms with Crippen LogP contribution in [0.3, 0.4) is 0 Å². The van der Waals surface area contributed by atoms with E-state index in [0.717, 1.165) is 30.3 Å². The highest BCUT2D eigenvalue weighted by molar-refractivity contribution is 9.10. The number of aromatic amines is 1. The molecule has 5 nitrogen and oxygen atoms in total. The van der Waals surface area contributed by atoms with Crippen LogP contribution < -0.4 is 10.6 Å². The molecule has 1 aliphatic rings. The zero-order chi connectivity index (χ0) is 14.8. The summed E-state index contributed by atoms with van der Waals surface area (Å²) in [7, 11) is 0. The number of fused-ring (bicyclic) bond motifs is 3. The molecule has 21 heavy (non-hydrogen) atoms. The lowest BCUT2D eigenvalue weighted by atomic mass is 10.1. The van der Waals surface area contributed by atoms with Crippen molar-refractivity contribution in [3.8, 4) is 0 Å². The summed E-state index contributed by atoms with van der Waals surface area (Å²) in [6.45, 7) is 1.30. The number of carbonyl (C=O) groups is 1. The van der Waals surface area contributed by atoms with Crippen LogP contribution in [0.4, 0.5) is 4.79 Å². The first-order valence-corrected chi connectivity index (χ1v) is 7.94. The Bertz CT molecular complexity index is 668. The molecule has 1 aromatic heterocycles. The minimum absolute atomic E-state index is 0.344. The van der Waals surface area contributed by atoms with E-state index >= 15 is 0 Å². The standard InChI is InChI=1S/C15H18BrN3O2/c16-9-2-4-12-11(8-9)10-3-5-13(14(10)19-12)17-6-1-7-18-15(20)21/h2,4,8,13,17-19H,1,3,5-7H2,(H,20,21). The van der Waals surface area contributed by atoms with Crippen LogP contribution in [0.25, 0.3) is 10.9 Å². The van der Waals surface area contributed by atoms with Gasteiger partial charge in [-0.25, -0.2) is 4.79 Å². The summed E-state index contributed by atoms with van der Waals surface area (Å²) in [6.07, 6.45) is 2.01. The minimum Gasteiger partial charge on any atom is -0.465 e. The van der Waals surface area contributed by atoms with Crippen LogP contribution in [0.1, 0.15) is 30.1 Å². The number of rotatable bonds is 5. The Labute approximate surface area is 131 Å². The SMILES string of the molecule is O=C(O)NCCCNC1CCc2c1[nH]c1ccc(Br)cc21. The molecule has 0 spiro atoms. The highest BCUT2D eigenvalue weighted by atomic mass is 79.9. The number of amides is 1. The van der Waals surface area contributed by atoms with Crippen LogP contribution in [0.2, 0.25) is 0 Å². The highest BCUT2D eigenvalue weighted by Gasteiger charge is 2.25. The monoisotopic (exact) mass is 351 g/mol. The zero-order valence-corrected chi connectivity index (χ0v) is 13.2. The van der Waals surface area contributed by atoms with Gasteiger partial charge in [-0.3, -0.25) is 0 Å². The number of benzene rings is 1. The van der Waals surface area contributed by atoms with Crippen LogP contribution in [-0.4, -0.2) is 29.3 Å². The Kier molecular flexibility index (Phi) is 4.17. The molecular formula is C15H18BrN3O2. The molecule has 3 rings (SSSR count). The summed E-state index contributed by atoms with van der Waals surface area (Å²) in [5, 5.41) is 15.7. The van der Waals surface area contributed by atoms with E-state index in [2.05, 4.69) is 43.7 Å². The summed E-state index contributed by atoms with van der Waals surface area (Å²) in [6, 6.07) is 6.67. The number of aromatic nitrogens is 1. The van der Waals surface area contributed by atoms with E-state index in [-0.39, 0.29) is 0 Å². The molecule has 1 atom stereocenters. The fourth-order valence-corrected chi connectivity index (χ4v) is 3.37. The topological polar surface area (TPSA) is 77.2 Å². The van der Waals surface area contributed by atoms with Gasteiger partial charge in [-0.2, -0.15) is 0 Å². The van der Waals surface area contributed by atoms with Crippen molar-refractivity contribution in [1.82, 2.24) is 15.6 Å². The molecule has 4 N–H and O–H groups in total. The van der Waals surface area contributed by atoms with Crippen LogP contribution in [0.15, 0.2) is 22.7 Å².